The van der Waals surface area contributed by atoms with E-state index in [1.54, 1.807) is 12.1 Å². The Bertz CT molecular complexity index is 1540. The first kappa shape index (κ1) is 43.4. The van der Waals surface area contributed by atoms with Crippen LogP contribution in [0.15, 0.2) is 12.1 Å². The summed E-state index contributed by atoms with van der Waals surface area (Å²) in [5.41, 5.74) is 0.338. The number of nitriles is 2. The van der Waals surface area contributed by atoms with Crippen LogP contribution in [0.4, 0.5) is 0 Å². The molecule has 1 aromatic rings. The first-order chi connectivity index (χ1) is 27.6. The summed E-state index contributed by atoms with van der Waals surface area (Å²) in [6.07, 6.45) is 0.983. The number of ether oxygens (including phenoxy) is 14. The molecule has 0 saturated carbocycles. The predicted octanol–water partition coefficient (Wildman–Crippen LogP) is 5.35. The van der Waals surface area contributed by atoms with Gasteiger partial charge in [0.2, 0.25) is 0 Å². The fourth-order valence-corrected chi connectivity index (χ4v) is 8.41. The third-order valence-corrected chi connectivity index (χ3v) is 10.8. The van der Waals surface area contributed by atoms with Crippen LogP contribution in [0.3, 0.4) is 0 Å². The van der Waals surface area contributed by atoms with E-state index in [1.807, 2.05) is 55.4 Å². The first-order valence-electron chi connectivity index (χ1n) is 20.7. The molecule has 0 radical (unpaired) electrons. The maximum absolute atomic E-state index is 9.91. The SMILES string of the molecule is CC1(C)O[C@H]2[C@@H](O1)[C@@H](COCCCCCOc1ccc(OCCCCCOC[C@H]3O[C@@H]4OC(C)(C)O[C@@H]4[C@H]4OC(C)(C)O[C@H]43)c(C#N)c1C#N)O[C@@H]1OC(C)(C)O[C@@H]12. The Morgan fingerprint density at radius 1 is 0.466 bits per heavy atom. The molecule has 16 nitrogen and oxygen atoms in total. The number of unbranched alkanes of at least 4 members (excludes halogenated alkanes) is 4. The molecule has 0 spiro atoms. The van der Waals surface area contributed by atoms with Crippen molar-refractivity contribution in [2.75, 3.05) is 39.6 Å². The lowest BCUT2D eigenvalue weighted by atomic mass is 9.99. The topological polar surface area (TPSA) is 177 Å². The van der Waals surface area contributed by atoms with E-state index in [0.29, 0.717) is 51.1 Å². The van der Waals surface area contributed by atoms with Crippen LogP contribution in [0.2, 0.25) is 0 Å². The summed E-state index contributed by atoms with van der Waals surface area (Å²) in [6.45, 7) is 17.5. The van der Waals surface area contributed by atoms with Gasteiger partial charge in [0, 0.05) is 13.2 Å². The Morgan fingerprint density at radius 2 is 0.810 bits per heavy atom. The zero-order valence-electron chi connectivity index (χ0n) is 35.0. The molecule has 1 aromatic carbocycles. The number of hydrogen-bond acceptors (Lipinski definition) is 16. The van der Waals surface area contributed by atoms with Gasteiger partial charge in [0.25, 0.3) is 0 Å². The lowest BCUT2D eigenvalue weighted by molar-refractivity contribution is -0.243. The maximum Gasteiger partial charge on any atom is 0.190 e. The van der Waals surface area contributed by atoms with Crippen LogP contribution in [0.1, 0.15) is 105 Å². The molecule has 0 aromatic heterocycles. The van der Waals surface area contributed by atoms with Gasteiger partial charge in [0.05, 0.1) is 26.4 Å². The molecular weight excluding hydrogens is 756 g/mol. The molecule has 6 saturated heterocycles. The fraction of sp³-hybridized carbons (Fsp3) is 0.810. The van der Waals surface area contributed by atoms with Crippen molar-refractivity contribution in [2.24, 2.45) is 0 Å². The average molecular weight is 817 g/mol. The minimum Gasteiger partial charge on any atom is -0.492 e. The van der Waals surface area contributed by atoms with E-state index in [4.69, 9.17) is 66.3 Å². The summed E-state index contributed by atoms with van der Waals surface area (Å²) in [4.78, 5) is 0. The van der Waals surface area contributed by atoms with Crippen LogP contribution < -0.4 is 9.47 Å². The number of hydrogen-bond donors (Lipinski definition) is 0. The number of nitrogens with zero attached hydrogens (tertiary/aromatic N) is 2. The van der Waals surface area contributed by atoms with Gasteiger partial charge in [0.1, 0.15) is 83.6 Å². The van der Waals surface area contributed by atoms with Crippen molar-refractivity contribution in [3.8, 4) is 23.6 Å². The molecule has 0 N–H and O–H groups in total. The van der Waals surface area contributed by atoms with E-state index >= 15 is 0 Å². The molecule has 7 rings (SSSR count). The van der Waals surface area contributed by atoms with E-state index in [9.17, 15) is 10.5 Å². The fourth-order valence-electron chi connectivity index (χ4n) is 8.41. The molecule has 6 aliphatic rings. The second-order valence-corrected chi connectivity index (χ2v) is 17.4. The monoisotopic (exact) mass is 816 g/mol. The smallest absolute Gasteiger partial charge is 0.190 e. The van der Waals surface area contributed by atoms with E-state index in [1.165, 1.54) is 0 Å². The van der Waals surface area contributed by atoms with E-state index < -0.39 is 35.7 Å². The van der Waals surface area contributed by atoms with E-state index in [0.717, 1.165) is 38.5 Å². The van der Waals surface area contributed by atoms with Crippen LogP contribution in [0, 0.1) is 22.7 Å². The molecule has 322 valence electrons. The van der Waals surface area contributed by atoms with E-state index in [-0.39, 0.29) is 60.0 Å². The third-order valence-electron chi connectivity index (χ3n) is 10.8. The molecule has 10 atom stereocenters. The molecule has 16 heteroatoms. The quantitative estimate of drug-likeness (QED) is 0.173. The zero-order chi connectivity index (χ0) is 41.3. The molecule has 0 amide bonds. The highest BCUT2D eigenvalue weighted by Gasteiger charge is 2.62. The number of fused-ring (bicyclic) bond motifs is 6. The van der Waals surface area contributed by atoms with Crippen LogP contribution in [0.5, 0.6) is 11.5 Å². The summed E-state index contributed by atoms with van der Waals surface area (Å²) in [5, 5.41) is 19.8. The van der Waals surface area contributed by atoms with Crippen molar-refractivity contribution in [1.82, 2.24) is 0 Å². The zero-order valence-corrected chi connectivity index (χ0v) is 35.0. The second-order valence-electron chi connectivity index (χ2n) is 17.4. The Hall–Kier alpha value is -2.68. The van der Waals surface area contributed by atoms with Crippen molar-refractivity contribution in [3.05, 3.63) is 23.3 Å². The lowest BCUT2D eigenvalue weighted by Crippen LogP contribution is -2.56. The third kappa shape index (κ3) is 10.1. The van der Waals surface area contributed by atoms with Crippen LogP contribution in [-0.4, -0.2) is 124 Å². The largest absolute Gasteiger partial charge is 0.492 e. The molecule has 0 bridgehead atoms. The Labute approximate surface area is 341 Å². The Balaban J connectivity index is 0.767. The van der Waals surface area contributed by atoms with Crippen molar-refractivity contribution < 1.29 is 66.3 Å². The van der Waals surface area contributed by atoms with Crippen LogP contribution in [-0.2, 0) is 56.8 Å². The summed E-state index contributed by atoms with van der Waals surface area (Å²) in [5.74, 6) is -2.32. The first-order valence-corrected chi connectivity index (χ1v) is 20.7. The lowest BCUT2D eigenvalue weighted by Gasteiger charge is -2.37. The van der Waals surface area contributed by atoms with Crippen molar-refractivity contribution in [2.45, 2.75) is 178 Å². The molecule has 6 fully saturated rings. The van der Waals surface area contributed by atoms with Gasteiger partial charge < -0.3 is 66.3 Å². The molecule has 6 aliphatic heterocycles. The standard InChI is InChI=1S/C42H60N2O14/c1-39(2)51-31-29(49-37-35(33(31)53-39)55-41(5,6)57-37)23-45-17-11-9-13-19-47-27-15-16-28(26(22-44)25(27)21-43)48-20-14-10-12-18-46-24-30-32-34(54-40(3,4)52-32)36-38(50-30)58-42(7,8)56-36/h15-16,29-38H,9-14,17-20,23-24H2,1-8H3/t29-,30-,31+,32+,33+,34+,35-,36-,37-,38-/m1/s1. The Morgan fingerprint density at radius 3 is 1.21 bits per heavy atom. The van der Waals surface area contributed by atoms with Gasteiger partial charge in [-0.25, -0.2) is 0 Å². The van der Waals surface area contributed by atoms with Gasteiger partial charge in [-0.05, 0) is 106 Å². The number of benzene rings is 1. The second kappa shape index (κ2) is 17.7. The van der Waals surface area contributed by atoms with Gasteiger partial charge in [-0.1, -0.05) is 0 Å². The van der Waals surface area contributed by atoms with Crippen LogP contribution in [0.25, 0.3) is 0 Å². The summed E-state index contributed by atoms with van der Waals surface area (Å²) >= 11 is 0. The van der Waals surface area contributed by atoms with Gasteiger partial charge in [-0.15, -0.1) is 0 Å². The van der Waals surface area contributed by atoms with E-state index in [2.05, 4.69) is 12.1 Å². The normalized spacial score (nSPS) is 34.7. The molecule has 0 unspecified atom stereocenters. The highest BCUT2D eigenvalue weighted by atomic mass is 16.9. The maximum atomic E-state index is 9.91. The predicted molar refractivity (Wildman–Crippen MR) is 201 cm³/mol. The minimum atomic E-state index is -0.769. The summed E-state index contributed by atoms with van der Waals surface area (Å²) < 4.78 is 85.1. The highest BCUT2D eigenvalue weighted by Crippen LogP contribution is 2.45. The minimum absolute atomic E-state index is 0.169. The van der Waals surface area contributed by atoms with Crippen molar-refractivity contribution in [1.29, 1.82) is 10.5 Å². The molecule has 6 heterocycles. The summed E-state index contributed by atoms with van der Waals surface area (Å²) in [7, 11) is 0. The highest BCUT2D eigenvalue weighted by molar-refractivity contribution is 5.60. The number of rotatable bonds is 18. The van der Waals surface area contributed by atoms with Gasteiger partial charge in [0.15, 0.2) is 35.7 Å². The van der Waals surface area contributed by atoms with Crippen LogP contribution >= 0.6 is 0 Å². The molecule has 58 heavy (non-hydrogen) atoms. The summed E-state index contributed by atoms with van der Waals surface area (Å²) in [6, 6.07) is 7.63. The van der Waals surface area contributed by atoms with Crippen molar-refractivity contribution in [3.63, 3.8) is 0 Å². The average Bonchev–Trinajstić information content (AvgIpc) is 3.86. The van der Waals surface area contributed by atoms with Crippen molar-refractivity contribution >= 4 is 0 Å². The Kier molecular flexibility index (Phi) is 13.3. The van der Waals surface area contributed by atoms with Gasteiger partial charge in [-0.2, -0.15) is 10.5 Å². The van der Waals surface area contributed by atoms with Gasteiger partial charge in [-0.3, -0.25) is 0 Å². The molecule has 0 aliphatic carbocycles. The van der Waals surface area contributed by atoms with Gasteiger partial charge >= 0.3 is 0 Å². The molecular formula is C42H60N2O14.